The van der Waals surface area contributed by atoms with E-state index in [-0.39, 0.29) is 11.2 Å². The molecule has 1 atom stereocenters. The molecule has 0 spiro atoms. The van der Waals surface area contributed by atoms with Gasteiger partial charge >= 0.3 is 0 Å². The zero-order valence-electron chi connectivity index (χ0n) is 13.6. The van der Waals surface area contributed by atoms with Gasteiger partial charge in [0.25, 0.3) is 0 Å². The van der Waals surface area contributed by atoms with Crippen molar-refractivity contribution in [2.24, 2.45) is 0 Å². The molecule has 0 saturated carbocycles. The molecule has 0 fully saturated rings. The van der Waals surface area contributed by atoms with Gasteiger partial charge in [0.2, 0.25) is 5.91 Å². The Morgan fingerprint density at radius 3 is 2.52 bits per heavy atom. The number of thiazole rings is 1. The summed E-state index contributed by atoms with van der Waals surface area (Å²) in [4.78, 5) is 15.6. The number of benzene rings is 2. The predicted octanol–water partition coefficient (Wildman–Crippen LogP) is 5.78. The predicted molar refractivity (Wildman–Crippen MR) is 107 cm³/mol. The van der Waals surface area contributed by atoms with Crippen molar-refractivity contribution in [2.75, 3.05) is 5.32 Å². The van der Waals surface area contributed by atoms with Crippen LogP contribution >= 0.6 is 34.7 Å². The zero-order valence-corrected chi connectivity index (χ0v) is 16.0. The highest BCUT2D eigenvalue weighted by Crippen LogP contribution is 2.38. The van der Waals surface area contributed by atoms with Gasteiger partial charge < -0.3 is 5.32 Å². The van der Waals surface area contributed by atoms with Crippen LogP contribution < -0.4 is 5.32 Å². The fraction of sp³-hybridized carbons (Fsp3) is 0.158. The zero-order chi connectivity index (χ0) is 17.6. The fourth-order valence-corrected chi connectivity index (χ4v) is 4.57. The Morgan fingerprint density at radius 1 is 1.16 bits per heavy atom. The van der Waals surface area contributed by atoms with Gasteiger partial charge in [0, 0.05) is 23.1 Å². The van der Waals surface area contributed by atoms with Crippen LogP contribution in [0.25, 0.3) is 0 Å². The van der Waals surface area contributed by atoms with Crippen LogP contribution in [0.5, 0.6) is 0 Å². The number of nitrogens with one attached hydrogen (secondary N) is 1. The largest absolute Gasteiger partial charge is 0.302 e. The number of halogens is 1. The SMILES string of the molecule is CC(=O)Nc1nc(CSC(c2ccccc2)c2ccc(Cl)cc2)cs1. The van der Waals surface area contributed by atoms with E-state index in [0.717, 1.165) is 16.5 Å². The number of carbonyl (C=O) groups is 1. The minimum absolute atomic E-state index is 0.100. The van der Waals surface area contributed by atoms with Crippen molar-refractivity contribution in [1.29, 1.82) is 0 Å². The summed E-state index contributed by atoms with van der Waals surface area (Å²) in [5.74, 6) is 0.662. The molecule has 0 radical (unpaired) electrons. The quantitative estimate of drug-likeness (QED) is 0.582. The van der Waals surface area contributed by atoms with Crippen molar-refractivity contribution in [3.63, 3.8) is 0 Å². The molecule has 0 aliphatic heterocycles. The molecule has 0 aliphatic rings. The van der Waals surface area contributed by atoms with E-state index in [1.165, 1.54) is 29.4 Å². The fourth-order valence-electron chi connectivity index (χ4n) is 2.40. The summed E-state index contributed by atoms with van der Waals surface area (Å²) < 4.78 is 0. The molecule has 1 unspecified atom stereocenters. The van der Waals surface area contributed by atoms with Gasteiger partial charge in [-0.3, -0.25) is 4.79 Å². The lowest BCUT2D eigenvalue weighted by Crippen LogP contribution is -2.05. The lowest BCUT2D eigenvalue weighted by atomic mass is 10.0. The average Bonchev–Trinajstić information content (AvgIpc) is 3.04. The molecule has 25 heavy (non-hydrogen) atoms. The normalized spacial score (nSPS) is 11.9. The first-order chi connectivity index (χ1) is 12.1. The molecule has 0 bridgehead atoms. The molecule has 1 heterocycles. The number of aromatic nitrogens is 1. The maximum absolute atomic E-state index is 11.1. The molecule has 6 heteroatoms. The van der Waals surface area contributed by atoms with Crippen molar-refractivity contribution < 1.29 is 4.79 Å². The first kappa shape index (κ1) is 18.0. The van der Waals surface area contributed by atoms with Crippen molar-refractivity contribution in [1.82, 2.24) is 4.98 Å². The van der Waals surface area contributed by atoms with Gasteiger partial charge in [-0.05, 0) is 23.3 Å². The second-order valence-corrected chi connectivity index (χ2v) is 7.87. The van der Waals surface area contributed by atoms with Crippen LogP contribution in [0.4, 0.5) is 5.13 Å². The van der Waals surface area contributed by atoms with E-state index in [2.05, 4.69) is 46.7 Å². The van der Waals surface area contributed by atoms with E-state index in [0.29, 0.717) is 5.13 Å². The maximum atomic E-state index is 11.1. The highest BCUT2D eigenvalue weighted by Gasteiger charge is 2.16. The summed E-state index contributed by atoms with van der Waals surface area (Å²) in [6.45, 7) is 1.49. The number of nitrogens with zero attached hydrogens (tertiary/aromatic N) is 1. The molecule has 0 saturated heterocycles. The van der Waals surface area contributed by atoms with Crippen LogP contribution in [0, 0.1) is 0 Å². The van der Waals surface area contributed by atoms with Gasteiger partial charge in [0.05, 0.1) is 10.9 Å². The first-order valence-electron chi connectivity index (χ1n) is 7.76. The molecule has 0 aliphatic carbocycles. The van der Waals surface area contributed by atoms with Gasteiger partial charge in [-0.25, -0.2) is 4.98 Å². The van der Waals surface area contributed by atoms with Crippen LogP contribution in [0.2, 0.25) is 5.02 Å². The Balaban J connectivity index is 1.77. The molecule has 2 aromatic carbocycles. The number of hydrogen-bond donors (Lipinski definition) is 1. The van der Waals surface area contributed by atoms with E-state index < -0.39 is 0 Å². The van der Waals surface area contributed by atoms with E-state index in [1.54, 1.807) is 0 Å². The number of hydrogen-bond acceptors (Lipinski definition) is 4. The monoisotopic (exact) mass is 388 g/mol. The summed E-state index contributed by atoms with van der Waals surface area (Å²) in [6.07, 6.45) is 0. The molecule has 3 rings (SSSR count). The van der Waals surface area contributed by atoms with Gasteiger partial charge in [-0.2, -0.15) is 0 Å². The van der Waals surface area contributed by atoms with Crippen molar-refractivity contribution in [3.8, 4) is 0 Å². The smallest absolute Gasteiger partial charge is 0.223 e. The number of thioether (sulfide) groups is 1. The lowest BCUT2D eigenvalue weighted by Gasteiger charge is -2.17. The molecule has 3 nitrogen and oxygen atoms in total. The summed E-state index contributed by atoms with van der Waals surface area (Å²) >= 11 is 9.29. The van der Waals surface area contributed by atoms with Crippen molar-refractivity contribution in [2.45, 2.75) is 17.9 Å². The maximum Gasteiger partial charge on any atom is 0.223 e. The summed E-state index contributed by atoms with van der Waals surface area (Å²) in [6, 6.07) is 18.4. The second kappa shape index (κ2) is 8.52. The Hall–Kier alpha value is -1.82. The van der Waals surface area contributed by atoms with Crippen LogP contribution in [0.15, 0.2) is 60.0 Å². The molecule has 1 N–H and O–H groups in total. The second-order valence-electron chi connectivity index (χ2n) is 5.48. The van der Waals surface area contributed by atoms with E-state index in [4.69, 9.17) is 11.6 Å². The molecular weight excluding hydrogens is 372 g/mol. The van der Waals surface area contributed by atoms with E-state index in [9.17, 15) is 4.79 Å². The number of anilines is 1. The number of carbonyl (C=O) groups excluding carboxylic acids is 1. The third-order valence-electron chi connectivity index (χ3n) is 3.51. The highest BCUT2D eigenvalue weighted by atomic mass is 35.5. The molecule has 128 valence electrons. The Bertz CT molecular complexity index is 834. The molecule has 1 aromatic heterocycles. The van der Waals surface area contributed by atoms with E-state index >= 15 is 0 Å². The Kier molecular flexibility index (Phi) is 6.13. The lowest BCUT2D eigenvalue weighted by molar-refractivity contribution is -0.114. The molecule has 1 amide bonds. The van der Waals surface area contributed by atoms with Crippen LogP contribution in [-0.4, -0.2) is 10.9 Å². The minimum Gasteiger partial charge on any atom is -0.302 e. The van der Waals surface area contributed by atoms with Crippen LogP contribution in [-0.2, 0) is 10.5 Å². The topological polar surface area (TPSA) is 42.0 Å². The van der Waals surface area contributed by atoms with Crippen LogP contribution in [0.1, 0.15) is 29.0 Å². The van der Waals surface area contributed by atoms with Gasteiger partial charge in [-0.1, -0.05) is 54.1 Å². The number of rotatable bonds is 6. The molecule has 3 aromatic rings. The average molecular weight is 389 g/mol. The Labute approximate surface area is 160 Å². The highest BCUT2D eigenvalue weighted by molar-refractivity contribution is 7.98. The minimum atomic E-state index is -0.100. The van der Waals surface area contributed by atoms with E-state index in [1.807, 2.05) is 35.3 Å². The standard InChI is InChI=1S/C19H17ClN2OS2/c1-13(23)21-19-22-17(12-25-19)11-24-18(14-5-3-2-4-6-14)15-7-9-16(20)10-8-15/h2-10,12,18H,11H2,1H3,(H,21,22,23). The van der Waals surface area contributed by atoms with Crippen LogP contribution in [0.3, 0.4) is 0 Å². The van der Waals surface area contributed by atoms with Gasteiger partial charge in [0.15, 0.2) is 5.13 Å². The number of amides is 1. The van der Waals surface area contributed by atoms with Crippen molar-refractivity contribution in [3.05, 3.63) is 81.8 Å². The third kappa shape index (κ3) is 5.08. The van der Waals surface area contributed by atoms with Gasteiger partial charge in [-0.15, -0.1) is 23.1 Å². The summed E-state index contributed by atoms with van der Waals surface area (Å²) in [5.41, 5.74) is 3.42. The summed E-state index contributed by atoms with van der Waals surface area (Å²) in [5, 5.41) is 6.29. The third-order valence-corrected chi connectivity index (χ3v) is 5.91. The Morgan fingerprint density at radius 2 is 1.84 bits per heavy atom. The first-order valence-corrected chi connectivity index (χ1v) is 10.1. The van der Waals surface area contributed by atoms with Gasteiger partial charge in [0.1, 0.15) is 0 Å². The van der Waals surface area contributed by atoms with Crippen molar-refractivity contribution >= 4 is 45.7 Å². The summed E-state index contributed by atoms with van der Waals surface area (Å²) in [7, 11) is 0. The molecular formula is C19H17ClN2OS2.